The zero-order valence-electron chi connectivity index (χ0n) is 12.0. The first-order valence-electron chi connectivity index (χ1n) is 6.86. The summed E-state index contributed by atoms with van der Waals surface area (Å²) in [5.74, 6) is 1.04. The molecule has 0 aromatic carbocycles. The van der Waals surface area contributed by atoms with Gasteiger partial charge in [-0.1, -0.05) is 11.6 Å². The molecular formula is C14H23ClN4. The van der Waals surface area contributed by atoms with E-state index in [2.05, 4.69) is 40.1 Å². The van der Waals surface area contributed by atoms with Crippen molar-refractivity contribution < 1.29 is 0 Å². The van der Waals surface area contributed by atoms with Gasteiger partial charge in [-0.05, 0) is 45.6 Å². The van der Waals surface area contributed by atoms with Gasteiger partial charge in [-0.25, -0.2) is 4.98 Å². The maximum Gasteiger partial charge on any atom is 0.129 e. The molecule has 1 atom stereocenters. The van der Waals surface area contributed by atoms with Gasteiger partial charge in [0, 0.05) is 31.9 Å². The predicted octanol–water partition coefficient (Wildman–Crippen LogP) is 1.98. The van der Waals surface area contributed by atoms with Gasteiger partial charge >= 0.3 is 0 Å². The Morgan fingerprint density at radius 3 is 3.00 bits per heavy atom. The van der Waals surface area contributed by atoms with Crippen LogP contribution in [0.15, 0.2) is 12.3 Å². The highest BCUT2D eigenvalue weighted by Crippen LogP contribution is 2.23. The Hall–Kier alpha value is -0.840. The van der Waals surface area contributed by atoms with Crippen molar-refractivity contribution in [1.29, 1.82) is 0 Å². The molecule has 1 aliphatic heterocycles. The normalized spacial score (nSPS) is 21.5. The Morgan fingerprint density at radius 2 is 2.26 bits per heavy atom. The van der Waals surface area contributed by atoms with Crippen LogP contribution >= 0.6 is 11.6 Å². The van der Waals surface area contributed by atoms with Crippen LogP contribution in [0.4, 0.5) is 5.82 Å². The number of hydrogen-bond donors (Lipinski definition) is 1. The van der Waals surface area contributed by atoms with Crippen LogP contribution in [0.25, 0.3) is 0 Å². The van der Waals surface area contributed by atoms with E-state index in [4.69, 9.17) is 11.6 Å². The molecule has 19 heavy (non-hydrogen) atoms. The summed E-state index contributed by atoms with van der Waals surface area (Å²) in [6.07, 6.45) is 2.94. The lowest BCUT2D eigenvalue weighted by Gasteiger charge is -2.29. The van der Waals surface area contributed by atoms with E-state index in [0.717, 1.165) is 42.6 Å². The molecule has 1 N–H and O–H groups in total. The molecule has 0 bridgehead atoms. The van der Waals surface area contributed by atoms with Crippen molar-refractivity contribution in [3.05, 3.63) is 22.8 Å². The van der Waals surface area contributed by atoms with Gasteiger partial charge in [-0.15, -0.1) is 0 Å². The van der Waals surface area contributed by atoms with E-state index in [9.17, 15) is 0 Å². The van der Waals surface area contributed by atoms with Crippen LogP contribution in [0, 0.1) is 0 Å². The number of likely N-dealkylation sites (N-methyl/N-ethyl adjacent to an activating group) is 1. The van der Waals surface area contributed by atoms with Crippen molar-refractivity contribution in [2.24, 2.45) is 0 Å². The van der Waals surface area contributed by atoms with Crippen LogP contribution < -0.4 is 10.2 Å². The molecule has 2 heterocycles. The molecule has 4 nitrogen and oxygen atoms in total. The van der Waals surface area contributed by atoms with E-state index in [-0.39, 0.29) is 0 Å². The van der Waals surface area contributed by atoms with Crippen molar-refractivity contribution in [3.8, 4) is 0 Å². The van der Waals surface area contributed by atoms with Crippen molar-refractivity contribution in [1.82, 2.24) is 15.2 Å². The van der Waals surface area contributed by atoms with E-state index in [1.807, 2.05) is 7.05 Å². The molecule has 1 unspecified atom stereocenters. The highest BCUT2D eigenvalue weighted by atomic mass is 35.5. The lowest BCUT2D eigenvalue weighted by Crippen LogP contribution is -2.38. The third-order valence-electron chi connectivity index (χ3n) is 3.63. The lowest BCUT2D eigenvalue weighted by atomic mass is 10.2. The van der Waals surface area contributed by atoms with Gasteiger partial charge in [0.2, 0.25) is 0 Å². The molecular weight excluding hydrogens is 260 g/mol. The van der Waals surface area contributed by atoms with Crippen molar-refractivity contribution >= 4 is 17.4 Å². The fourth-order valence-electron chi connectivity index (χ4n) is 2.66. The first kappa shape index (κ1) is 14.6. The molecule has 5 heteroatoms. The zero-order valence-corrected chi connectivity index (χ0v) is 12.7. The van der Waals surface area contributed by atoms with E-state index in [0.29, 0.717) is 6.04 Å². The quantitative estimate of drug-likeness (QED) is 0.919. The lowest BCUT2D eigenvalue weighted by molar-refractivity contribution is 0.337. The third-order valence-corrected chi connectivity index (χ3v) is 3.97. The summed E-state index contributed by atoms with van der Waals surface area (Å²) in [5, 5.41) is 3.88. The van der Waals surface area contributed by atoms with Gasteiger partial charge in [0.15, 0.2) is 0 Å². The smallest absolute Gasteiger partial charge is 0.129 e. The summed E-state index contributed by atoms with van der Waals surface area (Å²) in [6.45, 7) is 6.31. The largest absolute Gasteiger partial charge is 0.353 e. The number of hydrogen-bond acceptors (Lipinski definition) is 4. The van der Waals surface area contributed by atoms with Crippen molar-refractivity contribution in [2.45, 2.75) is 25.9 Å². The summed E-state index contributed by atoms with van der Waals surface area (Å²) in [6, 6.07) is 2.59. The second kappa shape index (κ2) is 6.55. The maximum atomic E-state index is 6.18. The Morgan fingerprint density at radius 1 is 1.47 bits per heavy atom. The number of nitrogens with zero attached hydrogens (tertiary/aromatic N) is 3. The Labute approximate surface area is 120 Å². The van der Waals surface area contributed by atoms with E-state index in [1.165, 1.54) is 6.42 Å². The van der Waals surface area contributed by atoms with Gasteiger partial charge in [-0.3, -0.25) is 0 Å². The Kier molecular flexibility index (Phi) is 5.02. The van der Waals surface area contributed by atoms with Crippen LogP contribution in [0.1, 0.15) is 18.9 Å². The van der Waals surface area contributed by atoms with Crippen molar-refractivity contribution in [3.63, 3.8) is 0 Å². The highest BCUT2D eigenvalue weighted by Gasteiger charge is 2.21. The Balaban J connectivity index is 2.22. The summed E-state index contributed by atoms with van der Waals surface area (Å²) in [4.78, 5) is 9.28. The second-order valence-corrected chi connectivity index (χ2v) is 5.73. The molecule has 1 aromatic heterocycles. The summed E-state index contributed by atoms with van der Waals surface area (Å²) in [7, 11) is 4.11. The highest BCUT2D eigenvalue weighted by molar-refractivity contribution is 6.31. The molecule has 106 valence electrons. The van der Waals surface area contributed by atoms with E-state index in [1.54, 1.807) is 6.20 Å². The maximum absolute atomic E-state index is 6.18. The van der Waals surface area contributed by atoms with Crippen LogP contribution in [0.3, 0.4) is 0 Å². The SMILES string of the molecule is CNCc1cc(N2CCCN(C)CC2C)ncc1Cl. The minimum Gasteiger partial charge on any atom is -0.353 e. The number of aromatic nitrogens is 1. The molecule has 1 aromatic rings. The number of rotatable bonds is 3. The standard InChI is InChI=1S/C14H23ClN4/c1-11-10-18(3)5-4-6-19(11)14-7-12(8-16-2)13(15)9-17-14/h7,9,11,16H,4-6,8,10H2,1-3H3. The Bertz CT molecular complexity index is 424. The van der Waals surface area contributed by atoms with E-state index >= 15 is 0 Å². The van der Waals surface area contributed by atoms with Crippen LogP contribution in [-0.2, 0) is 6.54 Å². The first-order valence-corrected chi connectivity index (χ1v) is 7.24. The zero-order chi connectivity index (χ0) is 13.8. The number of halogens is 1. The predicted molar refractivity (Wildman–Crippen MR) is 80.9 cm³/mol. The van der Waals surface area contributed by atoms with Crippen LogP contribution in [0.2, 0.25) is 5.02 Å². The average molecular weight is 283 g/mol. The van der Waals surface area contributed by atoms with Crippen LogP contribution in [0.5, 0.6) is 0 Å². The molecule has 0 amide bonds. The summed E-state index contributed by atoms with van der Waals surface area (Å²) >= 11 is 6.18. The van der Waals surface area contributed by atoms with Crippen LogP contribution in [-0.4, -0.2) is 49.7 Å². The molecule has 0 radical (unpaired) electrons. The topological polar surface area (TPSA) is 31.4 Å². The molecule has 0 spiro atoms. The number of pyridine rings is 1. The molecule has 1 saturated heterocycles. The molecule has 0 saturated carbocycles. The van der Waals surface area contributed by atoms with E-state index < -0.39 is 0 Å². The van der Waals surface area contributed by atoms with Gasteiger partial charge in [0.1, 0.15) is 5.82 Å². The summed E-state index contributed by atoms with van der Waals surface area (Å²) < 4.78 is 0. The fraction of sp³-hybridized carbons (Fsp3) is 0.643. The minimum atomic E-state index is 0.476. The minimum absolute atomic E-state index is 0.476. The number of anilines is 1. The van der Waals surface area contributed by atoms with Gasteiger partial charge in [0.05, 0.1) is 5.02 Å². The fourth-order valence-corrected chi connectivity index (χ4v) is 2.83. The van der Waals surface area contributed by atoms with Crippen molar-refractivity contribution in [2.75, 3.05) is 38.6 Å². The average Bonchev–Trinajstić information content (AvgIpc) is 2.53. The monoisotopic (exact) mass is 282 g/mol. The molecule has 2 rings (SSSR count). The summed E-state index contributed by atoms with van der Waals surface area (Å²) in [5.41, 5.74) is 1.11. The van der Waals surface area contributed by atoms with Gasteiger partial charge in [0.25, 0.3) is 0 Å². The van der Waals surface area contributed by atoms with Gasteiger partial charge < -0.3 is 15.1 Å². The van der Waals surface area contributed by atoms with Gasteiger partial charge in [-0.2, -0.15) is 0 Å². The molecule has 1 fully saturated rings. The number of nitrogens with one attached hydrogen (secondary N) is 1. The first-order chi connectivity index (χ1) is 9.11. The molecule has 0 aliphatic carbocycles. The second-order valence-electron chi connectivity index (χ2n) is 5.32. The molecule has 1 aliphatic rings. The third kappa shape index (κ3) is 3.59.